The van der Waals surface area contributed by atoms with Crippen LogP contribution in [0.4, 0.5) is 5.69 Å². The summed E-state index contributed by atoms with van der Waals surface area (Å²) in [4.78, 5) is 0. The van der Waals surface area contributed by atoms with Crippen molar-refractivity contribution in [2.75, 3.05) is 5.73 Å². The van der Waals surface area contributed by atoms with Gasteiger partial charge in [-0.1, -0.05) is 0 Å². The van der Waals surface area contributed by atoms with Gasteiger partial charge in [0.05, 0.1) is 0 Å². The van der Waals surface area contributed by atoms with Crippen LogP contribution < -0.4 is 10.1 Å². The van der Waals surface area contributed by atoms with Crippen molar-refractivity contribution in [1.82, 2.24) is 0 Å². The van der Waals surface area contributed by atoms with Crippen molar-refractivity contribution < 1.29 is 12.9 Å². The summed E-state index contributed by atoms with van der Waals surface area (Å²) < 4.78 is 20.7. The average Bonchev–Trinajstić information content (AvgIpc) is 1.92. The van der Waals surface area contributed by atoms with Crippen LogP contribution in [0.15, 0.2) is 18.2 Å². The van der Waals surface area contributed by atoms with Crippen LogP contribution in [0.2, 0.25) is 5.71 Å². The Hall–Kier alpha value is -0.862. The molecule has 5 heteroatoms. The molecule has 0 saturated carbocycles. The van der Waals surface area contributed by atoms with E-state index < -0.39 is 13.8 Å². The first-order valence-electron chi connectivity index (χ1n) is 3.30. The topological polar surface area (TPSA) is 83.5 Å². The van der Waals surface area contributed by atoms with Gasteiger partial charge in [-0.3, -0.25) is 0 Å². The Morgan fingerprint density at radius 2 is 2.08 bits per heavy atom. The average molecular weight is 231 g/mol. The Bertz CT molecular complexity index is 345. The zero-order valence-electron chi connectivity index (χ0n) is 6.56. The van der Waals surface area contributed by atoms with E-state index in [4.69, 9.17) is 10.8 Å². The fourth-order valence-corrected chi connectivity index (χ4v) is 2.33. The monoisotopic (exact) mass is 231 g/mol. The normalized spacial score (nSPS) is 15.5. The van der Waals surface area contributed by atoms with E-state index in [0.717, 1.165) is 0 Å². The SMILES string of the molecule is C[As](=O)(O)c1ccc(O)c(N)c1. The van der Waals surface area contributed by atoms with Crippen LogP contribution in [0.25, 0.3) is 0 Å². The standard InChI is InChI=1S/C7H10AsNO3/c1-8(11,12)5-2-3-7(10)6(9)4-5/h2-4,10H,9H2,1H3,(H,11,12). The number of phenols is 1. The Morgan fingerprint density at radius 3 is 2.50 bits per heavy atom. The van der Waals surface area contributed by atoms with Gasteiger partial charge in [-0.05, 0) is 0 Å². The summed E-state index contributed by atoms with van der Waals surface area (Å²) in [6, 6.07) is 4.05. The van der Waals surface area contributed by atoms with E-state index in [1.807, 2.05) is 0 Å². The summed E-state index contributed by atoms with van der Waals surface area (Å²) in [5.74, 6) is -0.0669. The van der Waals surface area contributed by atoms with Crippen LogP contribution in [0.3, 0.4) is 0 Å². The number of rotatable bonds is 1. The first kappa shape index (κ1) is 9.23. The van der Waals surface area contributed by atoms with Gasteiger partial charge in [0.2, 0.25) is 0 Å². The molecule has 0 spiro atoms. The van der Waals surface area contributed by atoms with Crippen LogP contribution in [-0.2, 0) is 3.74 Å². The number of aromatic hydroxyl groups is 1. The molecule has 0 fully saturated rings. The molecule has 0 aromatic heterocycles. The number of benzene rings is 1. The van der Waals surface area contributed by atoms with E-state index in [2.05, 4.69) is 0 Å². The third-order valence-electron chi connectivity index (χ3n) is 1.49. The minimum absolute atomic E-state index is 0.0669. The van der Waals surface area contributed by atoms with Crippen LogP contribution >= 0.6 is 0 Å². The van der Waals surface area contributed by atoms with Gasteiger partial charge in [0.25, 0.3) is 0 Å². The summed E-state index contributed by atoms with van der Waals surface area (Å²) in [6.45, 7) is 0. The van der Waals surface area contributed by atoms with E-state index >= 15 is 0 Å². The van der Waals surface area contributed by atoms with Gasteiger partial charge in [-0.15, -0.1) is 0 Å². The second-order valence-electron chi connectivity index (χ2n) is 2.62. The zero-order chi connectivity index (χ0) is 9.35. The predicted molar refractivity (Wildman–Crippen MR) is 46.7 cm³/mol. The maximum atomic E-state index is 11.2. The van der Waals surface area contributed by atoms with Gasteiger partial charge in [-0.25, -0.2) is 0 Å². The molecule has 0 aliphatic carbocycles. The van der Waals surface area contributed by atoms with Gasteiger partial charge in [0, 0.05) is 0 Å². The van der Waals surface area contributed by atoms with E-state index in [0.29, 0.717) is 4.35 Å². The molecule has 0 amide bonds. The second kappa shape index (κ2) is 2.88. The Morgan fingerprint density at radius 1 is 1.50 bits per heavy atom. The molecule has 1 atom stereocenters. The summed E-state index contributed by atoms with van der Waals surface area (Å²) in [6.07, 6.45) is 0. The van der Waals surface area contributed by atoms with E-state index in [-0.39, 0.29) is 11.4 Å². The number of anilines is 1. The third-order valence-corrected chi connectivity index (χ3v) is 4.08. The molecule has 0 heterocycles. The van der Waals surface area contributed by atoms with E-state index in [1.165, 1.54) is 23.9 Å². The van der Waals surface area contributed by atoms with Crippen molar-refractivity contribution in [3.8, 4) is 5.75 Å². The molecule has 1 aromatic carbocycles. The van der Waals surface area contributed by atoms with Crippen LogP contribution in [-0.4, -0.2) is 23.0 Å². The number of nitrogens with two attached hydrogens (primary N) is 1. The van der Waals surface area contributed by atoms with Gasteiger partial charge in [0.15, 0.2) is 0 Å². The van der Waals surface area contributed by atoms with E-state index in [9.17, 15) is 7.84 Å². The van der Waals surface area contributed by atoms with Crippen molar-refractivity contribution in [1.29, 1.82) is 0 Å². The Labute approximate surface area is 72.7 Å². The maximum absolute atomic E-state index is 11.2. The van der Waals surface area contributed by atoms with Gasteiger partial charge < -0.3 is 0 Å². The molecule has 4 N–H and O–H groups in total. The molecule has 1 rings (SSSR count). The summed E-state index contributed by atoms with van der Waals surface area (Å²) in [5, 5.41) is 9.02. The first-order chi connectivity index (χ1) is 5.41. The molecule has 0 radical (unpaired) electrons. The molecule has 66 valence electrons. The summed E-state index contributed by atoms with van der Waals surface area (Å²) in [5.41, 5.74) is 6.76. The quantitative estimate of drug-likeness (QED) is 0.351. The van der Waals surface area contributed by atoms with Gasteiger partial charge >= 0.3 is 72.2 Å². The molecule has 0 aliphatic heterocycles. The molecule has 1 unspecified atom stereocenters. The molecule has 0 aliphatic rings. The van der Waals surface area contributed by atoms with E-state index in [1.54, 1.807) is 0 Å². The van der Waals surface area contributed by atoms with Crippen molar-refractivity contribution in [3.05, 3.63) is 18.2 Å². The fraction of sp³-hybridized carbons (Fsp3) is 0.143. The number of hydrogen-bond donors (Lipinski definition) is 3. The first-order valence-corrected chi connectivity index (χ1v) is 7.72. The molecule has 12 heavy (non-hydrogen) atoms. The summed E-state index contributed by atoms with van der Waals surface area (Å²) >= 11 is -3.85. The third kappa shape index (κ3) is 1.84. The van der Waals surface area contributed by atoms with Crippen molar-refractivity contribution in [2.24, 2.45) is 0 Å². The predicted octanol–water partition coefficient (Wildman–Crippen LogP) is -0.324. The van der Waals surface area contributed by atoms with Gasteiger partial charge in [0.1, 0.15) is 0 Å². The number of nitrogen functional groups attached to an aromatic ring is 1. The molecular formula is C7H10AsNO3. The second-order valence-corrected chi connectivity index (χ2v) is 7.39. The van der Waals surface area contributed by atoms with Crippen LogP contribution in [0.1, 0.15) is 0 Å². The number of hydrogen-bond acceptors (Lipinski definition) is 3. The van der Waals surface area contributed by atoms with Crippen LogP contribution in [0, 0.1) is 0 Å². The molecule has 4 nitrogen and oxygen atoms in total. The molecule has 1 aromatic rings. The number of phenolic OH excluding ortho intramolecular Hbond substituents is 1. The molecule has 0 bridgehead atoms. The van der Waals surface area contributed by atoms with Crippen LogP contribution in [0.5, 0.6) is 5.75 Å². The zero-order valence-corrected chi connectivity index (χ0v) is 8.44. The molecule has 0 saturated heterocycles. The fourth-order valence-electron chi connectivity index (χ4n) is 0.800. The molecular weight excluding hydrogens is 221 g/mol. The van der Waals surface area contributed by atoms with Crippen molar-refractivity contribution in [3.63, 3.8) is 0 Å². The van der Waals surface area contributed by atoms with Crippen molar-refractivity contribution >= 4 is 23.9 Å². The minimum atomic E-state index is -3.85. The van der Waals surface area contributed by atoms with Crippen molar-refractivity contribution in [2.45, 2.75) is 5.71 Å². The Kier molecular flexibility index (Phi) is 2.22. The Balaban J connectivity index is 3.23. The summed E-state index contributed by atoms with van der Waals surface area (Å²) in [7, 11) is 0. The van der Waals surface area contributed by atoms with Gasteiger partial charge in [-0.2, -0.15) is 0 Å².